The van der Waals surface area contributed by atoms with Gasteiger partial charge < -0.3 is 15.5 Å². The second kappa shape index (κ2) is 4.09. The fraction of sp³-hybridized carbons (Fsp3) is 0.111. The van der Waals surface area contributed by atoms with Crippen molar-refractivity contribution in [3.8, 4) is 0 Å². The highest BCUT2D eigenvalue weighted by Gasteiger charge is 2.08. The van der Waals surface area contributed by atoms with Gasteiger partial charge in [0, 0.05) is 5.69 Å². The van der Waals surface area contributed by atoms with E-state index in [1.165, 1.54) is 6.07 Å². The Balaban J connectivity index is 2.31. The van der Waals surface area contributed by atoms with Crippen LogP contribution in [0.2, 0.25) is 0 Å². The van der Waals surface area contributed by atoms with Crippen molar-refractivity contribution >= 4 is 33.6 Å². The first-order valence-electron chi connectivity index (χ1n) is 4.38. The topological polar surface area (TPSA) is 77.0 Å². The average molecular weight is 287 g/mol. The van der Waals surface area contributed by atoms with Gasteiger partial charge in [-0.3, -0.25) is 0 Å². The SMILES string of the molecule is Cc1cc(Br)c(F)cc1Nc1nnc(N)o1. The number of nitrogens with two attached hydrogens (primary N) is 1. The zero-order valence-corrected chi connectivity index (χ0v) is 9.88. The highest BCUT2D eigenvalue weighted by atomic mass is 79.9. The Morgan fingerprint density at radius 3 is 2.81 bits per heavy atom. The number of benzene rings is 1. The molecule has 0 saturated carbocycles. The third-order valence-electron chi connectivity index (χ3n) is 1.95. The summed E-state index contributed by atoms with van der Waals surface area (Å²) in [5, 5.41) is 9.88. The van der Waals surface area contributed by atoms with E-state index in [0.29, 0.717) is 10.2 Å². The van der Waals surface area contributed by atoms with Crippen LogP contribution in [0.15, 0.2) is 21.0 Å². The largest absolute Gasteiger partial charge is 0.389 e. The lowest BCUT2D eigenvalue weighted by Crippen LogP contribution is -1.95. The van der Waals surface area contributed by atoms with E-state index in [1.807, 2.05) is 6.92 Å². The summed E-state index contributed by atoms with van der Waals surface area (Å²) in [5.41, 5.74) is 6.65. The molecule has 84 valence electrons. The van der Waals surface area contributed by atoms with Gasteiger partial charge in [-0.1, -0.05) is 10.2 Å². The molecule has 0 saturated heterocycles. The molecule has 0 aliphatic heterocycles. The first kappa shape index (κ1) is 10.9. The summed E-state index contributed by atoms with van der Waals surface area (Å²) >= 11 is 3.10. The van der Waals surface area contributed by atoms with Gasteiger partial charge in [0.2, 0.25) is 0 Å². The smallest absolute Gasteiger partial charge is 0.321 e. The van der Waals surface area contributed by atoms with Gasteiger partial charge in [-0.25, -0.2) is 4.39 Å². The summed E-state index contributed by atoms with van der Waals surface area (Å²) in [7, 11) is 0. The molecule has 7 heteroatoms. The standard InChI is InChI=1S/C9H8BrFN4O/c1-4-2-5(10)6(11)3-7(4)13-9-15-14-8(12)16-9/h2-3H,1H3,(H2,12,14)(H,13,15). The Morgan fingerprint density at radius 2 is 2.19 bits per heavy atom. The van der Waals surface area contributed by atoms with Crippen LogP contribution in [0.5, 0.6) is 0 Å². The number of aryl methyl sites for hydroxylation is 1. The number of hydrogen-bond acceptors (Lipinski definition) is 5. The summed E-state index contributed by atoms with van der Waals surface area (Å²) < 4.78 is 18.6. The molecule has 0 amide bonds. The molecule has 0 radical (unpaired) electrons. The van der Waals surface area contributed by atoms with Crippen molar-refractivity contribution in [2.24, 2.45) is 0 Å². The zero-order chi connectivity index (χ0) is 11.7. The van der Waals surface area contributed by atoms with E-state index >= 15 is 0 Å². The number of hydrogen-bond donors (Lipinski definition) is 2. The van der Waals surface area contributed by atoms with Crippen LogP contribution in [0.1, 0.15) is 5.56 Å². The van der Waals surface area contributed by atoms with Crippen molar-refractivity contribution in [1.82, 2.24) is 10.2 Å². The Hall–Kier alpha value is -1.63. The van der Waals surface area contributed by atoms with Crippen LogP contribution in [0.3, 0.4) is 0 Å². The van der Waals surface area contributed by atoms with Crippen molar-refractivity contribution < 1.29 is 8.81 Å². The van der Waals surface area contributed by atoms with Crippen LogP contribution < -0.4 is 11.1 Å². The maximum absolute atomic E-state index is 13.3. The first-order valence-corrected chi connectivity index (χ1v) is 5.17. The predicted molar refractivity (Wildman–Crippen MR) is 60.8 cm³/mol. The molecule has 3 N–H and O–H groups in total. The van der Waals surface area contributed by atoms with Gasteiger partial charge in [0.05, 0.1) is 4.47 Å². The molecule has 0 spiro atoms. The molecule has 5 nitrogen and oxygen atoms in total. The minimum absolute atomic E-state index is 0.0438. The quantitative estimate of drug-likeness (QED) is 0.887. The van der Waals surface area contributed by atoms with Gasteiger partial charge in [0.1, 0.15) is 5.82 Å². The zero-order valence-electron chi connectivity index (χ0n) is 8.29. The van der Waals surface area contributed by atoms with Crippen LogP contribution in [0.25, 0.3) is 0 Å². The second-order valence-electron chi connectivity index (χ2n) is 3.15. The van der Waals surface area contributed by atoms with Crippen LogP contribution >= 0.6 is 15.9 Å². The van der Waals surface area contributed by atoms with E-state index in [1.54, 1.807) is 6.07 Å². The van der Waals surface area contributed by atoms with Crippen molar-refractivity contribution in [2.45, 2.75) is 6.92 Å². The highest BCUT2D eigenvalue weighted by molar-refractivity contribution is 9.10. The van der Waals surface area contributed by atoms with E-state index in [-0.39, 0.29) is 17.8 Å². The lowest BCUT2D eigenvalue weighted by molar-refractivity contribution is 0.592. The van der Waals surface area contributed by atoms with Crippen molar-refractivity contribution in [1.29, 1.82) is 0 Å². The number of nitrogens with one attached hydrogen (secondary N) is 1. The molecular weight excluding hydrogens is 279 g/mol. The molecule has 1 aromatic heterocycles. The normalized spacial score (nSPS) is 10.4. The second-order valence-corrected chi connectivity index (χ2v) is 4.01. The van der Waals surface area contributed by atoms with E-state index in [4.69, 9.17) is 10.2 Å². The summed E-state index contributed by atoms with van der Waals surface area (Å²) in [6.07, 6.45) is 0. The number of anilines is 3. The molecule has 1 aromatic carbocycles. The molecule has 0 unspecified atom stereocenters. The summed E-state index contributed by atoms with van der Waals surface area (Å²) in [5.74, 6) is -0.374. The molecule has 0 atom stereocenters. The minimum atomic E-state index is -0.374. The average Bonchev–Trinajstić information content (AvgIpc) is 2.60. The van der Waals surface area contributed by atoms with Crippen molar-refractivity contribution in [3.63, 3.8) is 0 Å². The Labute approximate surface area is 99.0 Å². The van der Waals surface area contributed by atoms with Gasteiger partial charge in [-0.2, -0.15) is 0 Å². The fourth-order valence-electron chi connectivity index (χ4n) is 1.18. The summed E-state index contributed by atoms with van der Waals surface area (Å²) in [4.78, 5) is 0. The number of aromatic nitrogens is 2. The Bertz CT molecular complexity index is 528. The molecule has 1 heterocycles. The summed E-state index contributed by atoms with van der Waals surface area (Å²) in [6.45, 7) is 1.83. The van der Waals surface area contributed by atoms with E-state index in [0.717, 1.165) is 5.56 Å². The van der Waals surface area contributed by atoms with Gasteiger partial charge in [-0.15, -0.1) is 0 Å². The number of nitrogen functional groups attached to an aromatic ring is 1. The third-order valence-corrected chi connectivity index (χ3v) is 2.56. The van der Waals surface area contributed by atoms with Crippen molar-refractivity contribution in [2.75, 3.05) is 11.1 Å². The molecule has 2 rings (SSSR count). The maximum atomic E-state index is 13.3. The first-order chi connectivity index (χ1) is 7.56. The highest BCUT2D eigenvalue weighted by Crippen LogP contribution is 2.26. The van der Waals surface area contributed by atoms with E-state index < -0.39 is 0 Å². The molecule has 0 aliphatic carbocycles. The lowest BCUT2D eigenvalue weighted by atomic mass is 10.2. The molecule has 0 fully saturated rings. The van der Waals surface area contributed by atoms with Gasteiger partial charge in [0.25, 0.3) is 0 Å². The summed E-state index contributed by atoms with van der Waals surface area (Å²) in [6, 6.07) is 3.07. The lowest BCUT2D eigenvalue weighted by Gasteiger charge is -2.06. The van der Waals surface area contributed by atoms with Crippen molar-refractivity contribution in [3.05, 3.63) is 28.0 Å². The molecule has 2 aromatic rings. The van der Waals surface area contributed by atoms with Crippen LogP contribution in [-0.4, -0.2) is 10.2 Å². The van der Waals surface area contributed by atoms with Crippen LogP contribution in [0.4, 0.5) is 22.1 Å². The monoisotopic (exact) mass is 286 g/mol. The van der Waals surface area contributed by atoms with E-state index in [2.05, 4.69) is 31.4 Å². The molecule has 16 heavy (non-hydrogen) atoms. The van der Waals surface area contributed by atoms with Crippen LogP contribution in [0, 0.1) is 12.7 Å². The predicted octanol–water partition coefficient (Wildman–Crippen LogP) is 2.61. The maximum Gasteiger partial charge on any atom is 0.321 e. The number of halogens is 2. The van der Waals surface area contributed by atoms with Gasteiger partial charge in [-0.05, 0) is 40.5 Å². The minimum Gasteiger partial charge on any atom is -0.389 e. The number of rotatable bonds is 2. The number of nitrogens with zero attached hydrogens (tertiary/aromatic N) is 2. The third kappa shape index (κ3) is 2.13. The van der Waals surface area contributed by atoms with E-state index in [9.17, 15) is 4.39 Å². The van der Waals surface area contributed by atoms with Crippen LogP contribution in [-0.2, 0) is 0 Å². The van der Waals surface area contributed by atoms with Gasteiger partial charge >= 0.3 is 12.0 Å². The molecular formula is C9H8BrFN4O. The Kier molecular flexibility index (Phi) is 2.78. The fourth-order valence-corrected chi connectivity index (χ4v) is 1.64. The van der Waals surface area contributed by atoms with Gasteiger partial charge in [0.15, 0.2) is 0 Å². The molecule has 0 aliphatic rings. The Morgan fingerprint density at radius 1 is 1.44 bits per heavy atom. The molecule has 0 bridgehead atoms.